The summed E-state index contributed by atoms with van der Waals surface area (Å²) in [7, 11) is 0. The molecular weight excluding hydrogens is 821 g/mol. The molecule has 0 aliphatic heterocycles. The van der Waals surface area contributed by atoms with Gasteiger partial charge in [0, 0.05) is 29.7 Å². The van der Waals surface area contributed by atoms with E-state index < -0.39 is 15.3 Å². The van der Waals surface area contributed by atoms with Crippen molar-refractivity contribution in [3.63, 3.8) is 0 Å². The van der Waals surface area contributed by atoms with Gasteiger partial charge in [-0.05, 0) is 96.1 Å². The first-order valence-corrected chi connectivity index (χ1v) is 19.7. The van der Waals surface area contributed by atoms with E-state index in [4.69, 9.17) is 0 Å². The Labute approximate surface area is 352 Å². The third-order valence-electron chi connectivity index (χ3n) is 9.29. The molecule has 20 heteroatoms. The highest BCUT2D eigenvalue weighted by atomic mass is 32.1. The molecule has 2 N–H and O–H groups in total. The van der Waals surface area contributed by atoms with Crippen LogP contribution in [0, 0.1) is 20.2 Å². The molecule has 61 heavy (non-hydrogen) atoms. The average Bonchev–Trinajstić information content (AvgIpc) is 3.88. The second-order valence-corrected chi connectivity index (χ2v) is 15.7. The zero-order valence-electron chi connectivity index (χ0n) is 31.8. The summed E-state index contributed by atoms with van der Waals surface area (Å²) in [6.07, 6.45) is 0. The van der Waals surface area contributed by atoms with Crippen LogP contribution in [0.25, 0.3) is 20.4 Å². The molecule has 0 saturated heterocycles. The number of fused-ring (bicyclic) bond motifs is 2. The number of nitro groups is 2. The van der Waals surface area contributed by atoms with Gasteiger partial charge in [-0.1, -0.05) is 48.7 Å². The van der Waals surface area contributed by atoms with Gasteiger partial charge >= 0.3 is 0 Å². The minimum atomic E-state index is -0.634. The molecule has 2 heterocycles. The molecule has 0 bridgehead atoms. The fraction of sp³-hybridized carbons (Fsp3) is 0.0732. The van der Waals surface area contributed by atoms with Crippen molar-refractivity contribution < 1.29 is 20.1 Å². The van der Waals surface area contributed by atoms with Crippen LogP contribution in [0.2, 0.25) is 0 Å². The summed E-state index contributed by atoms with van der Waals surface area (Å²) in [6.45, 7) is 3.98. The van der Waals surface area contributed by atoms with Crippen molar-refractivity contribution in [2.24, 2.45) is 40.9 Å². The number of phenolic OH excluding ortho intramolecular Hbond substituents is 2. The maximum absolute atomic E-state index is 11.1. The van der Waals surface area contributed by atoms with Crippen molar-refractivity contribution in [1.82, 2.24) is 9.97 Å². The predicted octanol–water partition coefficient (Wildman–Crippen LogP) is 14.1. The molecule has 8 aromatic rings. The number of nitro benzene ring substituents is 2. The fourth-order valence-corrected chi connectivity index (χ4v) is 7.50. The van der Waals surface area contributed by atoms with E-state index in [2.05, 4.69) is 50.9 Å². The SMILES string of the molecule is CC(C)(c1ccc(O)c(N=Nc2ccc(N=Nc3nc4ccc([N+](=O)[O-])cc4s3)cc2)c1)c1ccc(O)c(N=Nc2ccc(N=Nc3nc4ccc([N+](=O)[O-])cc4s3)cc2)c1. The Kier molecular flexibility index (Phi) is 10.8. The molecule has 2 aromatic heterocycles. The number of hydrogen-bond donors (Lipinski definition) is 2. The van der Waals surface area contributed by atoms with Gasteiger partial charge in [0.25, 0.3) is 11.4 Å². The van der Waals surface area contributed by atoms with Crippen molar-refractivity contribution in [2.75, 3.05) is 0 Å². The summed E-state index contributed by atoms with van der Waals surface area (Å²) in [4.78, 5) is 29.9. The molecular formula is C41H28N12O6S2. The quantitative estimate of drug-likeness (QED) is 0.0677. The van der Waals surface area contributed by atoms with Gasteiger partial charge in [0.2, 0.25) is 10.3 Å². The topological polar surface area (TPSA) is 251 Å². The minimum absolute atomic E-state index is 0.0219. The first-order valence-electron chi connectivity index (χ1n) is 18.0. The van der Waals surface area contributed by atoms with Gasteiger partial charge in [-0.15, -0.1) is 30.7 Å². The summed E-state index contributed by atoms with van der Waals surface area (Å²) in [5.74, 6) is -0.125. The van der Waals surface area contributed by atoms with Gasteiger partial charge in [-0.2, -0.15) is 10.2 Å². The first kappa shape index (κ1) is 39.7. The largest absolute Gasteiger partial charge is 0.506 e. The minimum Gasteiger partial charge on any atom is -0.506 e. The van der Waals surface area contributed by atoms with Crippen LogP contribution in [0.3, 0.4) is 0 Å². The Hall–Kier alpha value is -8.10. The summed E-state index contributed by atoms with van der Waals surface area (Å²) >= 11 is 2.39. The number of azo groups is 4. The highest BCUT2D eigenvalue weighted by Crippen LogP contribution is 2.41. The normalized spacial score (nSPS) is 12.2. The van der Waals surface area contributed by atoms with Crippen LogP contribution in [0.1, 0.15) is 25.0 Å². The van der Waals surface area contributed by atoms with Crippen molar-refractivity contribution in [1.29, 1.82) is 0 Å². The molecule has 0 aliphatic carbocycles. The van der Waals surface area contributed by atoms with Gasteiger partial charge in [0.15, 0.2) is 0 Å². The number of hydrogen-bond acceptors (Lipinski definition) is 18. The molecule has 0 amide bonds. The lowest BCUT2D eigenvalue weighted by Crippen LogP contribution is -2.18. The number of aromatic nitrogens is 2. The van der Waals surface area contributed by atoms with Crippen LogP contribution in [0.5, 0.6) is 11.5 Å². The van der Waals surface area contributed by atoms with Gasteiger partial charge < -0.3 is 10.2 Å². The Morgan fingerprint density at radius 3 is 1.21 bits per heavy atom. The summed E-state index contributed by atoms with van der Waals surface area (Å²) < 4.78 is 1.27. The monoisotopic (exact) mass is 848 g/mol. The maximum Gasteiger partial charge on any atom is 0.270 e. The van der Waals surface area contributed by atoms with E-state index in [0.717, 1.165) is 11.1 Å². The van der Waals surface area contributed by atoms with E-state index in [9.17, 15) is 30.4 Å². The number of thiazole rings is 2. The van der Waals surface area contributed by atoms with E-state index in [-0.39, 0.29) is 34.2 Å². The Balaban J connectivity index is 0.924. The van der Waals surface area contributed by atoms with E-state index in [1.807, 2.05) is 13.8 Å². The molecule has 0 aliphatic rings. The third kappa shape index (κ3) is 8.99. The van der Waals surface area contributed by atoms with Crippen LogP contribution in [0.4, 0.5) is 55.8 Å². The lowest BCUT2D eigenvalue weighted by molar-refractivity contribution is -0.384. The van der Waals surface area contributed by atoms with Crippen LogP contribution >= 0.6 is 22.7 Å². The molecule has 300 valence electrons. The molecule has 0 fully saturated rings. The van der Waals surface area contributed by atoms with Crippen molar-refractivity contribution in [2.45, 2.75) is 19.3 Å². The van der Waals surface area contributed by atoms with Gasteiger partial charge in [-0.25, -0.2) is 9.97 Å². The standard InChI is InChI=1S/C41H28N12O6S2/c1-41(2,23-3-17-35(54)33(19-23)48-44-25-5-9-27(10-6-25)46-50-39-42-31-15-13-29(52(56)57)21-37(31)60-39)24-4-18-36(55)34(20-24)49-45-26-7-11-28(12-8-26)47-51-40-43-32-16-14-30(53(58)59)22-38(32)61-40/h3-22,54-55H,1-2H3. The number of aromatic hydroxyl groups is 2. The van der Waals surface area contributed by atoms with Crippen LogP contribution in [0.15, 0.2) is 162 Å². The summed E-state index contributed by atoms with van der Waals surface area (Å²) in [5, 5.41) is 78.2. The Bertz CT molecular complexity index is 2900. The Morgan fingerprint density at radius 1 is 0.492 bits per heavy atom. The molecule has 0 spiro atoms. The molecule has 0 atom stereocenters. The van der Waals surface area contributed by atoms with Gasteiger partial charge in [0.05, 0.1) is 53.0 Å². The highest BCUT2D eigenvalue weighted by Gasteiger charge is 2.25. The second-order valence-electron chi connectivity index (χ2n) is 13.7. The number of non-ortho nitro benzene ring substituents is 2. The predicted molar refractivity (Wildman–Crippen MR) is 230 cm³/mol. The van der Waals surface area contributed by atoms with Crippen LogP contribution < -0.4 is 0 Å². The highest BCUT2D eigenvalue weighted by molar-refractivity contribution is 7.22. The van der Waals surface area contributed by atoms with E-state index in [0.29, 0.717) is 53.4 Å². The molecule has 0 radical (unpaired) electrons. The van der Waals surface area contributed by atoms with Gasteiger partial charge in [-0.3, -0.25) is 20.2 Å². The van der Waals surface area contributed by atoms with Gasteiger partial charge in [0.1, 0.15) is 22.9 Å². The van der Waals surface area contributed by atoms with Crippen LogP contribution in [-0.4, -0.2) is 30.0 Å². The number of phenols is 2. The van der Waals surface area contributed by atoms with Crippen molar-refractivity contribution in [3.05, 3.63) is 153 Å². The zero-order chi connectivity index (χ0) is 42.7. The third-order valence-corrected chi connectivity index (χ3v) is 11.1. The van der Waals surface area contributed by atoms with E-state index in [1.165, 1.54) is 46.9 Å². The van der Waals surface area contributed by atoms with Crippen molar-refractivity contribution >= 4 is 98.9 Å². The van der Waals surface area contributed by atoms with Crippen molar-refractivity contribution in [3.8, 4) is 11.5 Å². The number of benzene rings is 6. The number of nitrogens with zero attached hydrogens (tertiary/aromatic N) is 12. The smallest absolute Gasteiger partial charge is 0.270 e. The second kappa shape index (κ2) is 16.6. The van der Waals surface area contributed by atoms with E-state index in [1.54, 1.807) is 97.1 Å². The number of rotatable bonds is 12. The Morgan fingerprint density at radius 2 is 0.852 bits per heavy atom. The molecule has 0 unspecified atom stereocenters. The lowest BCUT2D eigenvalue weighted by atomic mass is 9.78. The van der Waals surface area contributed by atoms with Crippen LogP contribution in [-0.2, 0) is 5.41 Å². The fourth-order valence-electron chi connectivity index (χ4n) is 5.86. The molecule has 8 rings (SSSR count). The molecule has 18 nitrogen and oxygen atoms in total. The maximum atomic E-state index is 11.1. The van der Waals surface area contributed by atoms with E-state index >= 15 is 0 Å². The molecule has 6 aromatic carbocycles. The summed E-state index contributed by atoms with van der Waals surface area (Å²) in [6, 6.07) is 32.6. The molecule has 0 saturated carbocycles. The average molecular weight is 849 g/mol. The lowest BCUT2D eigenvalue weighted by Gasteiger charge is -2.26. The summed E-state index contributed by atoms with van der Waals surface area (Å²) in [5.41, 5.74) is 4.69. The first-order chi connectivity index (χ1) is 29.4. The zero-order valence-corrected chi connectivity index (χ0v) is 33.4.